The van der Waals surface area contributed by atoms with E-state index >= 15 is 0 Å². The van der Waals surface area contributed by atoms with Crippen LogP contribution < -0.4 is 0 Å². The van der Waals surface area contributed by atoms with Gasteiger partial charge < -0.3 is 13.4 Å². The molecule has 0 saturated carbocycles. The third-order valence-corrected chi connectivity index (χ3v) is 14.8. The summed E-state index contributed by atoms with van der Waals surface area (Å²) in [5.41, 5.74) is 16.7. The lowest BCUT2D eigenvalue weighted by Crippen LogP contribution is -2.03. The van der Waals surface area contributed by atoms with Crippen LogP contribution in [0.25, 0.3) is 155 Å². The quantitative estimate of drug-likeness (QED) is 0.165. The van der Waals surface area contributed by atoms with Crippen LogP contribution in [0.4, 0.5) is 0 Å². The van der Waals surface area contributed by atoms with Crippen molar-refractivity contribution in [3.63, 3.8) is 0 Å². The van der Waals surface area contributed by atoms with E-state index in [0.717, 1.165) is 143 Å². The van der Waals surface area contributed by atoms with E-state index in [1.807, 2.05) is 60.7 Å². The zero-order valence-electron chi connectivity index (χ0n) is 39.4. The molecule has 10 aromatic carbocycles. The first-order valence-electron chi connectivity index (χ1n) is 24.8. The summed E-state index contributed by atoms with van der Waals surface area (Å²) in [6.07, 6.45) is 0. The summed E-state index contributed by atoms with van der Waals surface area (Å²) >= 11 is 0. The molecule has 0 fully saturated rings. The van der Waals surface area contributed by atoms with E-state index < -0.39 is 0 Å². The third-order valence-electron chi connectivity index (χ3n) is 14.8. The number of aromatic nitrogens is 6. The summed E-state index contributed by atoms with van der Waals surface area (Å²) in [6, 6.07) is 80.1. The number of rotatable bonds is 6. The largest absolute Gasteiger partial charge is 0.456 e. The van der Waals surface area contributed by atoms with Crippen molar-refractivity contribution in [1.29, 1.82) is 0 Å². The highest BCUT2D eigenvalue weighted by molar-refractivity contribution is 6.19. The number of hydrogen-bond donors (Lipinski definition) is 0. The number of hydrogen-bond acceptors (Lipinski definition) is 6. The minimum atomic E-state index is 0.604. The van der Waals surface area contributed by atoms with Gasteiger partial charge in [-0.3, -0.25) is 4.57 Å². The standard InChI is InChI=1S/C66H38N6O2/c1-3-17-39(18-4-1)61-44-22-7-11-27-51(44)67-66(70-61)72-52-28-12-8-21-43(52)49-37-40(33-35-53(49)72)41-34-36-54-50(38-41)63-64(71(54)42-19-5-2-6-20-42)62(47-25-15-31-57-59(47)45-23-9-13-29-55(45)73-57)68-65(69-63)48-26-16-32-58-60(48)46-24-10-14-30-56(46)74-58/h1-38H. The molecule has 74 heavy (non-hydrogen) atoms. The van der Waals surface area contributed by atoms with Crippen molar-refractivity contribution in [2.24, 2.45) is 0 Å². The van der Waals surface area contributed by atoms with Gasteiger partial charge in [-0.05, 0) is 83.9 Å². The van der Waals surface area contributed by atoms with Gasteiger partial charge in [0.15, 0.2) is 5.82 Å². The molecule has 0 aliphatic heterocycles. The molecule has 0 N–H and O–H groups in total. The fourth-order valence-electron chi connectivity index (χ4n) is 11.5. The second-order valence-electron chi connectivity index (χ2n) is 18.9. The van der Waals surface area contributed by atoms with Gasteiger partial charge in [-0.15, -0.1) is 0 Å². The summed E-state index contributed by atoms with van der Waals surface area (Å²) in [6.45, 7) is 0. The first kappa shape index (κ1) is 40.5. The van der Waals surface area contributed by atoms with Crippen LogP contribution in [0.2, 0.25) is 0 Å². The molecule has 0 bridgehead atoms. The van der Waals surface area contributed by atoms with E-state index in [2.05, 4.69) is 179 Å². The Hall–Kier alpha value is -10.2. The van der Waals surface area contributed by atoms with Gasteiger partial charge in [0.25, 0.3) is 0 Å². The van der Waals surface area contributed by atoms with Crippen LogP contribution >= 0.6 is 0 Å². The van der Waals surface area contributed by atoms with Crippen LogP contribution in [0.15, 0.2) is 239 Å². The number of benzene rings is 10. The van der Waals surface area contributed by atoms with E-state index in [1.54, 1.807) is 0 Å². The molecule has 6 aromatic heterocycles. The van der Waals surface area contributed by atoms with E-state index in [4.69, 9.17) is 28.8 Å². The minimum absolute atomic E-state index is 0.604. The summed E-state index contributed by atoms with van der Waals surface area (Å²) in [5, 5.41) is 8.26. The molecule has 0 saturated heterocycles. The van der Waals surface area contributed by atoms with E-state index in [1.165, 1.54) is 0 Å². The van der Waals surface area contributed by atoms with Gasteiger partial charge >= 0.3 is 0 Å². The molecule has 0 aliphatic rings. The molecular formula is C66H38N6O2. The van der Waals surface area contributed by atoms with Crippen molar-refractivity contribution >= 4 is 98.5 Å². The van der Waals surface area contributed by atoms with Crippen molar-refractivity contribution in [2.75, 3.05) is 0 Å². The number of furan rings is 2. The Bertz CT molecular complexity index is 4970. The maximum absolute atomic E-state index is 6.53. The molecule has 8 heteroatoms. The molecule has 16 rings (SSSR count). The Kier molecular flexibility index (Phi) is 8.58. The minimum Gasteiger partial charge on any atom is -0.456 e. The Morgan fingerprint density at radius 3 is 1.61 bits per heavy atom. The van der Waals surface area contributed by atoms with Crippen molar-refractivity contribution < 1.29 is 8.83 Å². The van der Waals surface area contributed by atoms with Gasteiger partial charge in [0.1, 0.15) is 27.8 Å². The summed E-state index contributed by atoms with van der Waals surface area (Å²) in [7, 11) is 0. The van der Waals surface area contributed by atoms with E-state index in [-0.39, 0.29) is 0 Å². The predicted octanol–water partition coefficient (Wildman–Crippen LogP) is 17.1. The Morgan fingerprint density at radius 2 is 0.878 bits per heavy atom. The van der Waals surface area contributed by atoms with Crippen LogP contribution in [-0.4, -0.2) is 29.1 Å². The SMILES string of the molecule is c1ccc(-c2nc(-n3c4ccccc4c4cc(-c5ccc6c(c5)c5nc(-c7cccc8oc9ccccc9c78)nc(-c7cccc8oc9ccccc9c78)c5n6-c5ccccc5)ccc43)nc3ccccc23)cc1. The van der Waals surface area contributed by atoms with Crippen molar-refractivity contribution in [2.45, 2.75) is 0 Å². The summed E-state index contributed by atoms with van der Waals surface area (Å²) < 4.78 is 17.5. The average Bonchev–Trinajstić information content (AvgIpc) is 4.25. The van der Waals surface area contributed by atoms with Crippen molar-refractivity contribution in [3.05, 3.63) is 231 Å². The second-order valence-corrected chi connectivity index (χ2v) is 18.9. The van der Waals surface area contributed by atoms with Crippen LogP contribution in [-0.2, 0) is 0 Å². The topological polar surface area (TPSA) is 87.7 Å². The Labute approximate surface area is 421 Å². The fourth-order valence-corrected chi connectivity index (χ4v) is 11.5. The molecule has 6 heterocycles. The molecule has 344 valence electrons. The molecule has 0 aliphatic carbocycles. The third kappa shape index (κ3) is 5.96. The molecule has 0 atom stereocenters. The van der Waals surface area contributed by atoms with Crippen LogP contribution in [0, 0.1) is 0 Å². The Morgan fingerprint density at radius 1 is 0.324 bits per heavy atom. The molecule has 0 radical (unpaired) electrons. The summed E-state index contributed by atoms with van der Waals surface area (Å²) in [5.74, 6) is 1.23. The van der Waals surface area contributed by atoms with Gasteiger partial charge in [-0.1, -0.05) is 158 Å². The van der Waals surface area contributed by atoms with Crippen molar-refractivity contribution in [3.8, 4) is 56.7 Å². The second kappa shape index (κ2) is 15.7. The molecule has 16 aromatic rings. The van der Waals surface area contributed by atoms with Crippen LogP contribution in [0.5, 0.6) is 0 Å². The van der Waals surface area contributed by atoms with Gasteiger partial charge in [0.05, 0.1) is 39.0 Å². The van der Waals surface area contributed by atoms with E-state index in [9.17, 15) is 0 Å². The van der Waals surface area contributed by atoms with Gasteiger partial charge in [-0.2, -0.15) is 0 Å². The van der Waals surface area contributed by atoms with Crippen LogP contribution in [0.1, 0.15) is 0 Å². The monoisotopic (exact) mass is 946 g/mol. The molecule has 0 spiro atoms. The lowest BCUT2D eigenvalue weighted by Gasteiger charge is -2.13. The summed E-state index contributed by atoms with van der Waals surface area (Å²) in [4.78, 5) is 21.9. The average molecular weight is 947 g/mol. The first-order valence-corrected chi connectivity index (χ1v) is 24.8. The smallest absolute Gasteiger partial charge is 0.235 e. The normalized spacial score (nSPS) is 12.1. The zero-order chi connectivity index (χ0) is 48.4. The highest BCUT2D eigenvalue weighted by Crippen LogP contribution is 2.45. The first-order chi connectivity index (χ1) is 36.7. The maximum Gasteiger partial charge on any atom is 0.235 e. The van der Waals surface area contributed by atoms with Crippen molar-refractivity contribution in [1.82, 2.24) is 29.1 Å². The van der Waals surface area contributed by atoms with Gasteiger partial charge in [0.2, 0.25) is 5.95 Å². The highest BCUT2D eigenvalue weighted by Gasteiger charge is 2.26. The van der Waals surface area contributed by atoms with Gasteiger partial charge in [-0.25, -0.2) is 19.9 Å². The number of para-hydroxylation sites is 5. The number of nitrogens with zero attached hydrogens (tertiary/aromatic N) is 6. The lowest BCUT2D eigenvalue weighted by atomic mass is 10.00. The predicted molar refractivity (Wildman–Crippen MR) is 300 cm³/mol. The molecule has 8 nitrogen and oxygen atoms in total. The van der Waals surface area contributed by atoms with Crippen LogP contribution in [0.3, 0.4) is 0 Å². The number of fused-ring (bicyclic) bond motifs is 13. The highest BCUT2D eigenvalue weighted by atomic mass is 16.3. The molecule has 0 unspecified atom stereocenters. The lowest BCUT2D eigenvalue weighted by molar-refractivity contribution is 0.668. The zero-order valence-corrected chi connectivity index (χ0v) is 39.4. The maximum atomic E-state index is 6.53. The van der Waals surface area contributed by atoms with Gasteiger partial charge in [0, 0.05) is 65.5 Å². The fraction of sp³-hybridized carbons (Fsp3) is 0. The molecule has 0 amide bonds. The van der Waals surface area contributed by atoms with E-state index in [0.29, 0.717) is 11.8 Å². The molecular weight excluding hydrogens is 909 g/mol. The Balaban J connectivity index is 0.966.